The number of thioether (sulfide) groups is 1. The molecule has 4 rings (SSSR count). The number of alkyl halides is 6. The second-order valence-corrected chi connectivity index (χ2v) is 9.47. The summed E-state index contributed by atoms with van der Waals surface area (Å²) in [7, 11) is 0. The predicted octanol–water partition coefficient (Wildman–Crippen LogP) is 7.18. The van der Waals surface area contributed by atoms with Gasteiger partial charge in [-0.25, -0.2) is 9.97 Å². The maximum atomic E-state index is 13.9. The van der Waals surface area contributed by atoms with Gasteiger partial charge >= 0.3 is 12.4 Å². The van der Waals surface area contributed by atoms with Crippen LogP contribution in [0.4, 0.5) is 32.2 Å². The van der Waals surface area contributed by atoms with Crippen LogP contribution in [0, 0.1) is 0 Å². The zero-order valence-corrected chi connectivity index (χ0v) is 18.7. The molecule has 0 aliphatic heterocycles. The van der Waals surface area contributed by atoms with Crippen LogP contribution in [-0.4, -0.2) is 19.6 Å². The largest absolute Gasteiger partial charge is 0.420 e. The number of halogens is 6. The highest BCUT2D eigenvalue weighted by Gasteiger charge is 2.36. The summed E-state index contributed by atoms with van der Waals surface area (Å²) in [5.74, 6) is -0.754. The van der Waals surface area contributed by atoms with Crippen LogP contribution in [0.25, 0.3) is 28.0 Å². The minimum Gasteiger partial charge on any atom is -0.383 e. The van der Waals surface area contributed by atoms with Crippen molar-refractivity contribution in [2.45, 2.75) is 36.3 Å². The molecule has 0 fully saturated rings. The van der Waals surface area contributed by atoms with E-state index in [1.54, 1.807) is 23.9 Å². The molecule has 3 heterocycles. The number of hydrogen-bond acceptors (Lipinski definition) is 4. The number of nitrogen functional groups attached to an aromatic ring is 1. The molecule has 11 heteroatoms. The van der Waals surface area contributed by atoms with Crippen LogP contribution in [-0.2, 0) is 12.4 Å². The first-order valence-corrected chi connectivity index (χ1v) is 10.9. The van der Waals surface area contributed by atoms with Crippen LogP contribution in [0.3, 0.4) is 0 Å². The van der Waals surface area contributed by atoms with Gasteiger partial charge in [-0.1, -0.05) is 26.0 Å². The van der Waals surface area contributed by atoms with Crippen molar-refractivity contribution >= 4 is 23.2 Å². The van der Waals surface area contributed by atoms with Gasteiger partial charge in [-0.2, -0.15) is 26.3 Å². The van der Waals surface area contributed by atoms with Crippen LogP contribution in [0.1, 0.15) is 25.0 Å². The highest BCUT2D eigenvalue weighted by atomic mass is 32.2. The molecule has 0 bridgehead atoms. The average Bonchev–Trinajstić information content (AvgIpc) is 3.16. The molecular weight excluding hydrogens is 478 g/mol. The summed E-state index contributed by atoms with van der Waals surface area (Å²) in [5, 5.41) is 0.355. The van der Waals surface area contributed by atoms with Crippen LogP contribution in [0.15, 0.2) is 59.9 Å². The standard InChI is InChI=1S/C23H18F6N4S/c1-12(2)34-16-5-3-13(4-6-16)19-10-32-21-18(23(27,28)29)8-15(11-33(19)21)14-7-17(22(24,25)26)20(30)31-9-14/h3-12H,1-2H3,(H2,30,31). The van der Waals surface area contributed by atoms with Gasteiger partial charge in [0, 0.05) is 39.2 Å². The molecular formula is C23H18F6N4S. The molecule has 0 radical (unpaired) electrons. The van der Waals surface area contributed by atoms with Gasteiger partial charge in [0.15, 0.2) is 0 Å². The minimum absolute atomic E-state index is 0.107. The number of aromatic nitrogens is 3. The molecule has 34 heavy (non-hydrogen) atoms. The van der Waals surface area contributed by atoms with Gasteiger partial charge < -0.3 is 5.73 Å². The van der Waals surface area contributed by atoms with E-state index in [1.165, 1.54) is 16.8 Å². The summed E-state index contributed by atoms with van der Waals surface area (Å²) in [4.78, 5) is 8.50. The lowest BCUT2D eigenvalue weighted by molar-refractivity contribution is -0.137. The number of nitrogens with zero attached hydrogens (tertiary/aromatic N) is 3. The van der Waals surface area contributed by atoms with Crippen molar-refractivity contribution in [3.05, 3.63) is 66.1 Å². The van der Waals surface area contributed by atoms with Crippen LogP contribution >= 0.6 is 11.8 Å². The summed E-state index contributed by atoms with van der Waals surface area (Å²) in [6.07, 6.45) is -5.95. The van der Waals surface area contributed by atoms with E-state index < -0.39 is 29.3 Å². The quantitative estimate of drug-likeness (QED) is 0.240. The molecule has 2 N–H and O–H groups in total. The van der Waals surface area contributed by atoms with Gasteiger partial charge in [0.05, 0.1) is 23.0 Å². The van der Waals surface area contributed by atoms with Crippen LogP contribution < -0.4 is 5.73 Å². The number of pyridine rings is 2. The molecule has 0 aliphatic rings. The van der Waals surface area contributed by atoms with Crippen molar-refractivity contribution in [2.24, 2.45) is 0 Å². The zero-order chi connectivity index (χ0) is 24.8. The van der Waals surface area contributed by atoms with E-state index in [0.29, 0.717) is 22.6 Å². The van der Waals surface area contributed by atoms with E-state index in [2.05, 4.69) is 9.97 Å². The van der Waals surface area contributed by atoms with Crippen molar-refractivity contribution in [3.8, 4) is 22.4 Å². The number of rotatable bonds is 4. The van der Waals surface area contributed by atoms with E-state index in [1.807, 2.05) is 26.0 Å². The molecule has 0 amide bonds. The summed E-state index contributed by atoms with van der Waals surface area (Å²) in [6, 6.07) is 8.70. The first-order chi connectivity index (χ1) is 15.8. The van der Waals surface area contributed by atoms with Gasteiger partial charge in [-0.3, -0.25) is 4.40 Å². The summed E-state index contributed by atoms with van der Waals surface area (Å²) in [6.45, 7) is 4.08. The van der Waals surface area contributed by atoms with Gasteiger partial charge in [0.1, 0.15) is 11.5 Å². The molecule has 4 aromatic rings. The zero-order valence-electron chi connectivity index (χ0n) is 17.9. The molecule has 3 aromatic heterocycles. The smallest absolute Gasteiger partial charge is 0.383 e. The maximum Gasteiger partial charge on any atom is 0.420 e. The molecule has 0 spiro atoms. The third kappa shape index (κ3) is 4.70. The Morgan fingerprint density at radius 1 is 0.824 bits per heavy atom. The number of nitrogens with two attached hydrogens (primary N) is 1. The van der Waals surface area contributed by atoms with Crippen molar-refractivity contribution in [3.63, 3.8) is 0 Å². The van der Waals surface area contributed by atoms with E-state index in [9.17, 15) is 26.3 Å². The molecule has 1 aromatic carbocycles. The van der Waals surface area contributed by atoms with E-state index in [-0.39, 0.29) is 16.8 Å². The average molecular weight is 496 g/mol. The Hall–Kier alpha value is -3.21. The Labute approximate surface area is 194 Å². The number of anilines is 1. The second kappa shape index (κ2) is 8.53. The second-order valence-electron chi connectivity index (χ2n) is 7.82. The fourth-order valence-corrected chi connectivity index (χ4v) is 4.34. The Bertz CT molecular complexity index is 1340. The fraction of sp³-hybridized carbons (Fsp3) is 0.217. The van der Waals surface area contributed by atoms with Gasteiger partial charge in [0.2, 0.25) is 0 Å². The van der Waals surface area contributed by atoms with Gasteiger partial charge in [-0.15, -0.1) is 11.8 Å². The van der Waals surface area contributed by atoms with Crippen LogP contribution in [0.2, 0.25) is 0 Å². The van der Waals surface area contributed by atoms with E-state index in [0.717, 1.165) is 17.2 Å². The van der Waals surface area contributed by atoms with Crippen molar-refractivity contribution in [1.29, 1.82) is 0 Å². The third-order valence-corrected chi connectivity index (χ3v) is 6.01. The van der Waals surface area contributed by atoms with Crippen molar-refractivity contribution in [1.82, 2.24) is 14.4 Å². The minimum atomic E-state index is -4.81. The lowest BCUT2D eigenvalue weighted by Gasteiger charge is -2.14. The van der Waals surface area contributed by atoms with Crippen molar-refractivity contribution < 1.29 is 26.3 Å². The van der Waals surface area contributed by atoms with E-state index >= 15 is 0 Å². The molecule has 0 aliphatic carbocycles. The monoisotopic (exact) mass is 496 g/mol. The topological polar surface area (TPSA) is 56.2 Å². The number of imidazole rings is 1. The lowest BCUT2D eigenvalue weighted by atomic mass is 10.0. The Morgan fingerprint density at radius 3 is 2.03 bits per heavy atom. The SMILES string of the molecule is CC(C)Sc1ccc(-c2cnc3c(C(F)(F)F)cc(-c4cnc(N)c(C(F)(F)F)c4)cn23)cc1. The Balaban J connectivity index is 1.91. The van der Waals surface area contributed by atoms with Crippen LogP contribution in [0.5, 0.6) is 0 Å². The molecule has 0 unspecified atom stereocenters. The van der Waals surface area contributed by atoms with Gasteiger partial charge in [-0.05, 0) is 24.3 Å². The summed E-state index contributed by atoms with van der Waals surface area (Å²) in [5.41, 5.74) is 3.40. The first-order valence-electron chi connectivity index (χ1n) is 10.0. The number of benzene rings is 1. The molecule has 0 saturated carbocycles. The first kappa shape index (κ1) is 23.9. The molecule has 4 nitrogen and oxygen atoms in total. The molecule has 178 valence electrons. The predicted molar refractivity (Wildman–Crippen MR) is 119 cm³/mol. The Morgan fingerprint density at radius 2 is 1.44 bits per heavy atom. The third-order valence-electron chi connectivity index (χ3n) is 4.99. The highest BCUT2D eigenvalue weighted by molar-refractivity contribution is 7.99. The number of fused-ring (bicyclic) bond motifs is 1. The highest BCUT2D eigenvalue weighted by Crippen LogP contribution is 2.39. The number of hydrogen-bond donors (Lipinski definition) is 1. The lowest BCUT2D eigenvalue weighted by Crippen LogP contribution is -2.11. The Kier molecular flexibility index (Phi) is 6.01. The molecule has 0 atom stereocenters. The van der Waals surface area contributed by atoms with Gasteiger partial charge in [0.25, 0.3) is 0 Å². The summed E-state index contributed by atoms with van der Waals surface area (Å²) >= 11 is 1.64. The normalized spacial score (nSPS) is 12.6. The summed E-state index contributed by atoms with van der Waals surface area (Å²) < 4.78 is 82.7. The van der Waals surface area contributed by atoms with E-state index in [4.69, 9.17) is 5.73 Å². The molecule has 0 saturated heterocycles. The fourth-order valence-electron chi connectivity index (χ4n) is 3.50. The van der Waals surface area contributed by atoms with Crippen molar-refractivity contribution in [2.75, 3.05) is 5.73 Å². The maximum absolute atomic E-state index is 13.9.